The maximum absolute atomic E-state index is 10.5. The monoisotopic (exact) mass is 277 g/mol. The molecule has 0 radical (unpaired) electrons. The molecule has 5 heteroatoms. The Hall–Kier alpha value is -2.04. The summed E-state index contributed by atoms with van der Waals surface area (Å²) in [6.45, 7) is 2.86. The molecule has 0 aromatic heterocycles. The van der Waals surface area contributed by atoms with Crippen LogP contribution in [0.5, 0.6) is 0 Å². The summed E-state index contributed by atoms with van der Waals surface area (Å²) in [5, 5.41) is 8.61. The van der Waals surface area contributed by atoms with Crippen molar-refractivity contribution in [2.24, 2.45) is 4.99 Å². The molecule has 0 spiro atoms. The van der Waals surface area contributed by atoms with Crippen LogP contribution in [0.25, 0.3) is 0 Å². The first-order valence-corrected chi connectivity index (χ1v) is 7.04. The second-order valence-corrected chi connectivity index (χ2v) is 4.55. The van der Waals surface area contributed by atoms with E-state index in [4.69, 9.17) is 5.11 Å². The fourth-order valence-corrected chi connectivity index (χ4v) is 1.66. The predicted octanol–water partition coefficient (Wildman–Crippen LogP) is 3.06. The molecule has 0 aliphatic rings. The molecule has 1 rings (SSSR count). The van der Waals surface area contributed by atoms with Gasteiger partial charge in [0.25, 0.3) is 0 Å². The number of hydrazine groups is 1. The largest absolute Gasteiger partial charge is 0.481 e. The van der Waals surface area contributed by atoms with Crippen molar-refractivity contribution in [1.29, 1.82) is 0 Å². The van der Waals surface area contributed by atoms with Crippen molar-refractivity contribution in [2.75, 3.05) is 12.0 Å². The molecule has 0 atom stereocenters. The van der Waals surface area contributed by atoms with Gasteiger partial charge in [0.15, 0.2) is 0 Å². The van der Waals surface area contributed by atoms with Crippen molar-refractivity contribution in [2.45, 2.75) is 39.0 Å². The molecule has 0 amide bonds. The van der Waals surface area contributed by atoms with Gasteiger partial charge in [-0.2, -0.15) is 0 Å². The molecule has 20 heavy (non-hydrogen) atoms. The number of amidine groups is 1. The number of aliphatic carboxylic acids is 1. The van der Waals surface area contributed by atoms with E-state index in [0.29, 0.717) is 6.42 Å². The van der Waals surface area contributed by atoms with E-state index in [1.54, 1.807) is 0 Å². The van der Waals surface area contributed by atoms with Crippen molar-refractivity contribution >= 4 is 17.5 Å². The molecule has 5 nitrogen and oxygen atoms in total. The Morgan fingerprint density at radius 2 is 1.90 bits per heavy atom. The van der Waals surface area contributed by atoms with Gasteiger partial charge >= 0.3 is 5.97 Å². The van der Waals surface area contributed by atoms with Crippen LogP contribution in [0.2, 0.25) is 0 Å². The lowest BCUT2D eigenvalue weighted by atomic mass is 10.2. The van der Waals surface area contributed by atoms with Crippen molar-refractivity contribution in [1.82, 2.24) is 5.43 Å². The second kappa shape index (κ2) is 9.83. The van der Waals surface area contributed by atoms with Crippen LogP contribution in [0.1, 0.15) is 39.0 Å². The van der Waals surface area contributed by atoms with Gasteiger partial charge in [0.1, 0.15) is 5.84 Å². The zero-order valence-electron chi connectivity index (χ0n) is 11.9. The van der Waals surface area contributed by atoms with E-state index in [-0.39, 0.29) is 6.42 Å². The summed E-state index contributed by atoms with van der Waals surface area (Å²) in [5.74, 6) is 0.133. The molecular formula is C15H23N3O2. The molecule has 1 aromatic carbocycles. The Morgan fingerprint density at radius 3 is 2.55 bits per heavy atom. The summed E-state index contributed by atoms with van der Waals surface area (Å²) < 4.78 is 0. The zero-order chi connectivity index (χ0) is 14.6. The quantitative estimate of drug-likeness (QED) is 0.281. The number of nitrogens with zero attached hydrogens (tertiary/aromatic N) is 1. The van der Waals surface area contributed by atoms with Crippen LogP contribution in [-0.4, -0.2) is 23.5 Å². The molecule has 0 bridgehead atoms. The minimum absolute atomic E-state index is 0.215. The number of carbonyl (C=O) groups is 1. The third-order valence-corrected chi connectivity index (χ3v) is 2.71. The molecule has 110 valence electrons. The van der Waals surface area contributed by atoms with Gasteiger partial charge in [-0.05, 0) is 31.4 Å². The lowest BCUT2D eigenvalue weighted by molar-refractivity contribution is -0.137. The van der Waals surface area contributed by atoms with Gasteiger partial charge in [0.05, 0.1) is 5.69 Å². The summed E-state index contributed by atoms with van der Waals surface area (Å²) in [5.41, 5.74) is 7.19. The Morgan fingerprint density at radius 1 is 1.20 bits per heavy atom. The standard InChI is InChI=1S/C15H23N3O2/c1-2-12-16-14(10-6-7-11-15(19)20)18-17-13-8-4-3-5-9-13/h3-5,8-9,17H,2,6-7,10-12H2,1H3,(H,16,18)(H,19,20). The minimum Gasteiger partial charge on any atom is -0.481 e. The highest BCUT2D eigenvalue weighted by molar-refractivity contribution is 5.83. The molecule has 0 saturated heterocycles. The predicted molar refractivity (Wildman–Crippen MR) is 81.9 cm³/mol. The average molecular weight is 277 g/mol. The smallest absolute Gasteiger partial charge is 0.303 e. The van der Waals surface area contributed by atoms with Crippen LogP contribution in [0, 0.1) is 0 Å². The third kappa shape index (κ3) is 7.41. The van der Waals surface area contributed by atoms with Gasteiger partial charge in [-0.1, -0.05) is 25.1 Å². The summed E-state index contributed by atoms with van der Waals surface area (Å²) in [7, 11) is 0. The number of aliphatic imine (C=N–C) groups is 1. The topological polar surface area (TPSA) is 73.7 Å². The van der Waals surface area contributed by atoms with Crippen molar-refractivity contribution in [3.63, 3.8) is 0 Å². The maximum atomic E-state index is 10.5. The Bertz CT molecular complexity index is 418. The zero-order valence-corrected chi connectivity index (χ0v) is 11.9. The molecule has 0 heterocycles. The molecule has 0 fully saturated rings. The summed E-state index contributed by atoms with van der Waals surface area (Å²) in [4.78, 5) is 14.9. The van der Waals surface area contributed by atoms with Crippen LogP contribution in [0.3, 0.4) is 0 Å². The van der Waals surface area contributed by atoms with Crippen LogP contribution < -0.4 is 10.9 Å². The van der Waals surface area contributed by atoms with Crippen LogP contribution in [-0.2, 0) is 4.79 Å². The van der Waals surface area contributed by atoms with E-state index in [0.717, 1.165) is 37.3 Å². The van der Waals surface area contributed by atoms with Gasteiger partial charge < -0.3 is 5.11 Å². The highest BCUT2D eigenvalue weighted by atomic mass is 16.4. The number of hydrogen-bond donors (Lipinski definition) is 3. The minimum atomic E-state index is -0.743. The van der Waals surface area contributed by atoms with Crippen molar-refractivity contribution < 1.29 is 9.90 Å². The van der Waals surface area contributed by atoms with Gasteiger partial charge in [-0.25, -0.2) is 0 Å². The van der Waals surface area contributed by atoms with Crippen LogP contribution >= 0.6 is 0 Å². The van der Waals surface area contributed by atoms with Gasteiger partial charge in [0, 0.05) is 19.4 Å². The number of anilines is 1. The van der Waals surface area contributed by atoms with Crippen LogP contribution in [0.4, 0.5) is 5.69 Å². The lowest BCUT2D eigenvalue weighted by Crippen LogP contribution is -2.29. The second-order valence-electron chi connectivity index (χ2n) is 4.55. The van der Waals surface area contributed by atoms with E-state index in [1.807, 2.05) is 30.3 Å². The molecule has 1 aromatic rings. The van der Waals surface area contributed by atoms with E-state index in [2.05, 4.69) is 22.8 Å². The van der Waals surface area contributed by atoms with E-state index in [1.165, 1.54) is 0 Å². The molecule has 0 unspecified atom stereocenters. The van der Waals surface area contributed by atoms with Gasteiger partial charge in [-0.3, -0.25) is 20.6 Å². The van der Waals surface area contributed by atoms with E-state index >= 15 is 0 Å². The lowest BCUT2D eigenvalue weighted by Gasteiger charge is -2.12. The van der Waals surface area contributed by atoms with Gasteiger partial charge in [-0.15, -0.1) is 0 Å². The van der Waals surface area contributed by atoms with E-state index < -0.39 is 5.97 Å². The van der Waals surface area contributed by atoms with Crippen LogP contribution in [0.15, 0.2) is 35.3 Å². The number of carboxylic acids is 1. The molecule has 0 aliphatic carbocycles. The van der Waals surface area contributed by atoms with E-state index in [9.17, 15) is 4.79 Å². The number of para-hydroxylation sites is 1. The number of benzene rings is 1. The third-order valence-electron chi connectivity index (χ3n) is 2.71. The highest BCUT2D eigenvalue weighted by Crippen LogP contribution is 2.04. The fraction of sp³-hybridized carbons (Fsp3) is 0.467. The fourth-order valence-electron chi connectivity index (χ4n) is 1.66. The number of unbranched alkanes of at least 4 members (excludes halogenated alkanes) is 1. The molecular weight excluding hydrogens is 254 g/mol. The first-order valence-electron chi connectivity index (χ1n) is 7.04. The first-order chi connectivity index (χ1) is 9.72. The SMILES string of the molecule is CCCN=C(CCCCC(=O)O)NNc1ccccc1. The molecule has 3 N–H and O–H groups in total. The Kier molecular flexibility index (Phi) is 7.87. The number of rotatable bonds is 9. The summed E-state index contributed by atoms with van der Waals surface area (Å²) in [6, 6.07) is 9.81. The summed E-state index contributed by atoms with van der Waals surface area (Å²) in [6.07, 6.45) is 3.46. The normalized spacial score (nSPS) is 11.2. The molecule has 0 saturated carbocycles. The van der Waals surface area contributed by atoms with Gasteiger partial charge in [0.2, 0.25) is 0 Å². The number of carboxylic acid groups (broad SMARTS) is 1. The average Bonchev–Trinajstić information content (AvgIpc) is 2.46. The maximum Gasteiger partial charge on any atom is 0.303 e. The Labute approximate surface area is 120 Å². The molecule has 0 aliphatic heterocycles. The number of nitrogens with one attached hydrogen (secondary N) is 2. The first kappa shape index (κ1) is 16.0. The van der Waals surface area contributed by atoms with Crippen molar-refractivity contribution in [3.8, 4) is 0 Å². The van der Waals surface area contributed by atoms with Crippen molar-refractivity contribution in [3.05, 3.63) is 30.3 Å². The number of hydrogen-bond acceptors (Lipinski definition) is 3. The summed E-state index contributed by atoms with van der Waals surface area (Å²) >= 11 is 0. The highest BCUT2D eigenvalue weighted by Gasteiger charge is 2.01. The Balaban J connectivity index is 2.37.